The van der Waals surface area contributed by atoms with Crippen LogP contribution in [0.1, 0.15) is 25.3 Å². The molecule has 2 aromatic rings. The van der Waals surface area contributed by atoms with Crippen LogP contribution in [0.5, 0.6) is 0 Å². The van der Waals surface area contributed by atoms with Crippen molar-refractivity contribution in [3.63, 3.8) is 0 Å². The Morgan fingerprint density at radius 3 is 2.94 bits per heavy atom. The second kappa shape index (κ2) is 4.91. The molecule has 1 aromatic heterocycles. The molecule has 2 rings (SSSR count). The first-order valence-electron chi connectivity index (χ1n) is 5.45. The summed E-state index contributed by atoms with van der Waals surface area (Å²) in [4.78, 5) is 4.31. The molecule has 1 aromatic carbocycles. The zero-order chi connectivity index (χ0) is 11.5. The summed E-state index contributed by atoms with van der Waals surface area (Å²) in [5.74, 6) is -0.205. The van der Waals surface area contributed by atoms with Crippen LogP contribution < -0.4 is 0 Å². The normalized spacial score (nSPS) is 10.9. The van der Waals surface area contributed by atoms with Crippen LogP contribution >= 0.6 is 15.9 Å². The minimum atomic E-state index is -0.205. The Labute approximate surface area is 103 Å². The second-order valence-corrected chi connectivity index (χ2v) is 4.73. The summed E-state index contributed by atoms with van der Waals surface area (Å²) in [6.07, 6.45) is 5.05. The van der Waals surface area contributed by atoms with Gasteiger partial charge in [-0.1, -0.05) is 13.3 Å². The zero-order valence-electron chi connectivity index (χ0n) is 9.13. The molecular formula is C13H13BrFN. The van der Waals surface area contributed by atoms with Crippen molar-refractivity contribution in [2.24, 2.45) is 0 Å². The van der Waals surface area contributed by atoms with Crippen LogP contribution in [0.25, 0.3) is 10.9 Å². The van der Waals surface area contributed by atoms with E-state index in [9.17, 15) is 4.39 Å². The van der Waals surface area contributed by atoms with Gasteiger partial charge in [0.05, 0.1) is 5.52 Å². The molecule has 0 saturated carbocycles. The molecule has 0 unspecified atom stereocenters. The molecule has 0 aliphatic rings. The van der Waals surface area contributed by atoms with E-state index in [1.807, 2.05) is 12.3 Å². The van der Waals surface area contributed by atoms with Crippen LogP contribution in [0.4, 0.5) is 4.39 Å². The fourth-order valence-electron chi connectivity index (χ4n) is 1.71. The van der Waals surface area contributed by atoms with Crippen LogP contribution in [-0.4, -0.2) is 4.98 Å². The van der Waals surface area contributed by atoms with Gasteiger partial charge in [-0.3, -0.25) is 4.98 Å². The molecule has 0 atom stereocenters. The molecule has 0 N–H and O–H groups in total. The van der Waals surface area contributed by atoms with Gasteiger partial charge in [0.15, 0.2) is 0 Å². The van der Waals surface area contributed by atoms with E-state index < -0.39 is 0 Å². The van der Waals surface area contributed by atoms with Crippen molar-refractivity contribution in [1.82, 2.24) is 4.98 Å². The van der Waals surface area contributed by atoms with Crippen LogP contribution in [0.3, 0.4) is 0 Å². The summed E-state index contributed by atoms with van der Waals surface area (Å²) in [5, 5.41) is 0.600. The van der Waals surface area contributed by atoms with Gasteiger partial charge in [-0.2, -0.15) is 0 Å². The van der Waals surface area contributed by atoms with Gasteiger partial charge in [0.1, 0.15) is 5.82 Å². The monoisotopic (exact) mass is 281 g/mol. The maximum atomic E-state index is 13.6. The molecule has 3 heteroatoms. The number of hydrogen-bond acceptors (Lipinski definition) is 1. The lowest BCUT2D eigenvalue weighted by Crippen LogP contribution is -1.90. The minimum absolute atomic E-state index is 0.205. The highest BCUT2D eigenvalue weighted by molar-refractivity contribution is 9.10. The fraction of sp³-hybridized carbons (Fsp3) is 0.308. The molecule has 16 heavy (non-hydrogen) atoms. The molecule has 1 nitrogen and oxygen atoms in total. The number of hydrogen-bond donors (Lipinski definition) is 0. The molecule has 0 aliphatic carbocycles. The third-order valence-electron chi connectivity index (χ3n) is 2.62. The summed E-state index contributed by atoms with van der Waals surface area (Å²) < 4.78 is 14.4. The molecular weight excluding hydrogens is 269 g/mol. The number of aryl methyl sites for hydroxylation is 1. The van der Waals surface area contributed by atoms with E-state index >= 15 is 0 Å². The Bertz CT molecular complexity index is 511. The number of nitrogens with zero attached hydrogens (tertiary/aromatic N) is 1. The number of benzene rings is 1. The number of aromatic nitrogens is 1. The smallest absolute Gasteiger partial charge is 0.132 e. The van der Waals surface area contributed by atoms with Gasteiger partial charge in [-0.05, 0) is 52.5 Å². The minimum Gasteiger partial charge on any atom is -0.255 e. The summed E-state index contributed by atoms with van der Waals surface area (Å²) in [5.41, 5.74) is 1.80. The molecule has 0 saturated heterocycles. The van der Waals surface area contributed by atoms with Crippen LogP contribution in [0.2, 0.25) is 0 Å². The van der Waals surface area contributed by atoms with Gasteiger partial charge in [-0.25, -0.2) is 4.39 Å². The standard InChI is InChI=1S/C13H13BrFN/c1-2-3-4-9-7-10-12(15)6-5-11(14)13(10)16-8-9/h5-8H,2-4H2,1H3. The fourth-order valence-corrected chi connectivity index (χ4v) is 2.16. The topological polar surface area (TPSA) is 12.9 Å². The molecule has 1 heterocycles. The molecule has 0 aliphatic heterocycles. The number of pyridine rings is 1. The van der Waals surface area contributed by atoms with Gasteiger partial charge in [-0.15, -0.1) is 0 Å². The highest BCUT2D eigenvalue weighted by Gasteiger charge is 2.06. The Morgan fingerprint density at radius 2 is 2.19 bits per heavy atom. The lowest BCUT2D eigenvalue weighted by atomic mass is 10.1. The van der Waals surface area contributed by atoms with Crippen molar-refractivity contribution in [1.29, 1.82) is 0 Å². The average Bonchev–Trinajstić information content (AvgIpc) is 2.31. The van der Waals surface area contributed by atoms with E-state index in [2.05, 4.69) is 27.8 Å². The van der Waals surface area contributed by atoms with E-state index in [0.717, 1.165) is 29.3 Å². The Hall–Kier alpha value is -0.960. The van der Waals surface area contributed by atoms with Gasteiger partial charge in [0, 0.05) is 16.1 Å². The van der Waals surface area contributed by atoms with Gasteiger partial charge < -0.3 is 0 Å². The lowest BCUT2D eigenvalue weighted by molar-refractivity contribution is 0.639. The van der Waals surface area contributed by atoms with Crippen molar-refractivity contribution in [2.75, 3.05) is 0 Å². The number of fused-ring (bicyclic) bond motifs is 1. The first kappa shape index (κ1) is 11.5. The SMILES string of the molecule is CCCCc1cnc2c(Br)ccc(F)c2c1. The van der Waals surface area contributed by atoms with Gasteiger partial charge in [0.2, 0.25) is 0 Å². The largest absolute Gasteiger partial charge is 0.255 e. The van der Waals surface area contributed by atoms with Crippen LogP contribution in [-0.2, 0) is 6.42 Å². The van der Waals surface area contributed by atoms with Crippen molar-refractivity contribution >= 4 is 26.8 Å². The number of rotatable bonds is 3. The van der Waals surface area contributed by atoms with Crippen LogP contribution in [0.15, 0.2) is 28.9 Å². The molecule has 0 spiro atoms. The number of unbranched alkanes of at least 4 members (excludes halogenated alkanes) is 1. The Kier molecular flexibility index (Phi) is 3.54. The average molecular weight is 282 g/mol. The van der Waals surface area contributed by atoms with Crippen LogP contribution in [0, 0.1) is 5.82 Å². The lowest BCUT2D eigenvalue weighted by Gasteiger charge is -2.04. The predicted octanol–water partition coefficient (Wildman–Crippen LogP) is 4.48. The molecule has 84 valence electrons. The van der Waals surface area contributed by atoms with E-state index in [-0.39, 0.29) is 5.82 Å². The first-order chi connectivity index (χ1) is 7.72. The van der Waals surface area contributed by atoms with Crippen molar-refractivity contribution in [2.45, 2.75) is 26.2 Å². The summed E-state index contributed by atoms with van der Waals surface area (Å²) in [7, 11) is 0. The van der Waals surface area contributed by atoms with E-state index in [0.29, 0.717) is 10.9 Å². The van der Waals surface area contributed by atoms with Gasteiger partial charge in [0.25, 0.3) is 0 Å². The Balaban J connectivity index is 2.48. The van der Waals surface area contributed by atoms with Crippen molar-refractivity contribution < 1.29 is 4.39 Å². The van der Waals surface area contributed by atoms with Gasteiger partial charge >= 0.3 is 0 Å². The zero-order valence-corrected chi connectivity index (χ0v) is 10.7. The third kappa shape index (κ3) is 2.24. The van der Waals surface area contributed by atoms with Crippen molar-refractivity contribution in [3.8, 4) is 0 Å². The van der Waals surface area contributed by atoms with E-state index in [1.165, 1.54) is 6.07 Å². The highest BCUT2D eigenvalue weighted by Crippen LogP contribution is 2.25. The van der Waals surface area contributed by atoms with Crippen molar-refractivity contribution in [3.05, 3.63) is 40.2 Å². The second-order valence-electron chi connectivity index (χ2n) is 3.87. The van der Waals surface area contributed by atoms with E-state index in [1.54, 1.807) is 6.07 Å². The summed E-state index contributed by atoms with van der Waals surface area (Å²) in [6, 6.07) is 5.06. The molecule has 0 fully saturated rings. The Morgan fingerprint density at radius 1 is 1.38 bits per heavy atom. The quantitative estimate of drug-likeness (QED) is 0.808. The third-order valence-corrected chi connectivity index (χ3v) is 3.26. The van der Waals surface area contributed by atoms with E-state index in [4.69, 9.17) is 0 Å². The number of halogens is 2. The first-order valence-corrected chi connectivity index (χ1v) is 6.24. The highest BCUT2D eigenvalue weighted by atomic mass is 79.9. The summed E-state index contributed by atoms with van der Waals surface area (Å²) >= 11 is 3.38. The molecule has 0 radical (unpaired) electrons. The maximum absolute atomic E-state index is 13.6. The maximum Gasteiger partial charge on any atom is 0.132 e. The predicted molar refractivity (Wildman–Crippen MR) is 68.0 cm³/mol. The summed E-state index contributed by atoms with van der Waals surface area (Å²) in [6.45, 7) is 2.14. The molecule has 0 amide bonds. The molecule has 0 bridgehead atoms.